The average Bonchev–Trinajstić information content (AvgIpc) is 3.26. The van der Waals surface area contributed by atoms with Crippen molar-refractivity contribution in [2.75, 3.05) is 44.7 Å². The Balaban J connectivity index is 1.47. The van der Waals surface area contributed by atoms with Gasteiger partial charge in [-0.3, -0.25) is 19.4 Å². The molecule has 2 N–H and O–H groups in total. The van der Waals surface area contributed by atoms with Gasteiger partial charge in [-0.15, -0.1) is 0 Å². The van der Waals surface area contributed by atoms with Gasteiger partial charge in [0.2, 0.25) is 11.8 Å². The highest BCUT2D eigenvalue weighted by Crippen LogP contribution is 2.21. The summed E-state index contributed by atoms with van der Waals surface area (Å²) in [6.45, 7) is 10.1. The number of likely N-dealkylation sites (tertiary alicyclic amines) is 1. The van der Waals surface area contributed by atoms with Crippen LogP contribution in [0.15, 0.2) is 24.3 Å². The minimum absolute atomic E-state index is 0.0402. The second-order valence-electron chi connectivity index (χ2n) is 9.50. The maximum Gasteiger partial charge on any atom is 0.410 e. The number of carbonyl (C=O) groups is 3. The molecule has 0 spiro atoms. The van der Waals surface area contributed by atoms with Crippen LogP contribution in [0.3, 0.4) is 0 Å². The Labute approximate surface area is 195 Å². The molecule has 0 aromatic heterocycles. The third-order valence-electron chi connectivity index (χ3n) is 5.62. The first-order valence-electron chi connectivity index (χ1n) is 11.7. The van der Waals surface area contributed by atoms with Gasteiger partial charge in [-0.25, -0.2) is 4.79 Å². The summed E-state index contributed by atoms with van der Waals surface area (Å²) in [5.41, 5.74) is 0.967. The molecule has 1 aromatic carbocycles. The molecule has 9 nitrogen and oxygen atoms in total. The molecule has 0 radical (unpaired) electrons. The van der Waals surface area contributed by atoms with E-state index in [1.807, 2.05) is 45.0 Å². The third kappa shape index (κ3) is 8.01. The quantitative estimate of drug-likeness (QED) is 0.648. The van der Waals surface area contributed by atoms with Crippen molar-refractivity contribution in [2.24, 2.45) is 0 Å². The van der Waals surface area contributed by atoms with Gasteiger partial charge >= 0.3 is 6.09 Å². The maximum atomic E-state index is 12.8. The van der Waals surface area contributed by atoms with E-state index in [1.165, 1.54) is 4.90 Å². The summed E-state index contributed by atoms with van der Waals surface area (Å²) in [6, 6.07) is 6.90. The Kier molecular flexibility index (Phi) is 8.68. The van der Waals surface area contributed by atoms with E-state index < -0.39 is 17.7 Å². The summed E-state index contributed by atoms with van der Waals surface area (Å²) < 4.78 is 10.8. The molecule has 0 saturated carbocycles. The van der Waals surface area contributed by atoms with Gasteiger partial charge in [0.25, 0.3) is 0 Å². The van der Waals surface area contributed by atoms with Gasteiger partial charge in [-0.05, 0) is 51.3 Å². The van der Waals surface area contributed by atoms with Crippen molar-refractivity contribution in [3.05, 3.63) is 29.8 Å². The number of morpholine rings is 1. The molecular formula is C24H36N4O5. The van der Waals surface area contributed by atoms with Crippen LogP contribution in [0.2, 0.25) is 0 Å². The Hall–Kier alpha value is -2.65. The van der Waals surface area contributed by atoms with Gasteiger partial charge in [0.05, 0.1) is 13.2 Å². The molecule has 2 aliphatic heterocycles. The first kappa shape index (κ1) is 25.0. The van der Waals surface area contributed by atoms with Crippen LogP contribution < -0.4 is 10.6 Å². The Morgan fingerprint density at radius 2 is 1.91 bits per heavy atom. The third-order valence-corrected chi connectivity index (χ3v) is 5.62. The van der Waals surface area contributed by atoms with Gasteiger partial charge < -0.3 is 20.1 Å². The molecule has 33 heavy (non-hydrogen) atoms. The highest BCUT2D eigenvalue weighted by atomic mass is 16.6. The lowest BCUT2D eigenvalue weighted by Gasteiger charge is -2.28. The van der Waals surface area contributed by atoms with E-state index >= 15 is 0 Å². The lowest BCUT2D eigenvalue weighted by atomic mass is 10.1. The Morgan fingerprint density at radius 3 is 2.64 bits per heavy atom. The van der Waals surface area contributed by atoms with Crippen LogP contribution in [-0.4, -0.2) is 78.7 Å². The first-order chi connectivity index (χ1) is 15.7. The largest absolute Gasteiger partial charge is 0.444 e. The average molecular weight is 461 g/mol. The number of nitrogens with zero attached hydrogens (tertiary/aromatic N) is 2. The number of amides is 3. The number of anilines is 1. The second kappa shape index (κ2) is 11.5. The van der Waals surface area contributed by atoms with Crippen molar-refractivity contribution in [1.82, 2.24) is 15.1 Å². The monoisotopic (exact) mass is 460 g/mol. The summed E-state index contributed by atoms with van der Waals surface area (Å²) in [4.78, 5) is 41.2. The van der Waals surface area contributed by atoms with Crippen LogP contribution in [-0.2, 0) is 25.6 Å². The van der Waals surface area contributed by atoms with Crippen LogP contribution in [0.25, 0.3) is 0 Å². The molecule has 2 aliphatic rings. The van der Waals surface area contributed by atoms with Crippen LogP contribution >= 0.6 is 0 Å². The molecule has 2 saturated heterocycles. The van der Waals surface area contributed by atoms with Gasteiger partial charge in [0.15, 0.2) is 0 Å². The summed E-state index contributed by atoms with van der Waals surface area (Å²) in [5.74, 6) is -0.236. The van der Waals surface area contributed by atoms with E-state index in [1.54, 1.807) is 0 Å². The molecule has 2 heterocycles. The Bertz CT molecular complexity index is 832. The number of benzene rings is 1. The summed E-state index contributed by atoms with van der Waals surface area (Å²) in [6.07, 6.45) is 1.35. The van der Waals surface area contributed by atoms with E-state index in [2.05, 4.69) is 15.5 Å². The SMILES string of the molecule is CC(C)(C)OC(=O)N1CCCC1C(=O)NCc1cccc(NC(=O)CCN2CCOCC2)c1. The molecule has 0 bridgehead atoms. The number of hydrogen-bond donors (Lipinski definition) is 2. The van der Waals surface area contributed by atoms with Crippen molar-refractivity contribution in [1.29, 1.82) is 0 Å². The zero-order chi connectivity index (χ0) is 23.8. The topological polar surface area (TPSA) is 100 Å². The number of ether oxygens (including phenoxy) is 2. The van der Waals surface area contributed by atoms with Crippen molar-refractivity contribution in [3.63, 3.8) is 0 Å². The lowest BCUT2D eigenvalue weighted by molar-refractivity contribution is -0.125. The summed E-state index contributed by atoms with van der Waals surface area (Å²) in [7, 11) is 0. The maximum absolute atomic E-state index is 12.8. The van der Waals surface area contributed by atoms with Gasteiger partial charge in [-0.2, -0.15) is 0 Å². The fourth-order valence-electron chi connectivity index (χ4n) is 3.95. The number of rotatable bonds is 7. The van der Waals surface area contributed by atoms with Gasteiger partial charge in [0.1, 0.15) is 11.6 Å². The van der Waals surface area contributed by atoms with Crippen LogP contribution in [0.5, 0.6) is 0 Å². The van der Waals surface area contributed by atoms with Crippen LogP contribution in [0.1, 0.15) is 45.6 Å². The van der Waals surface area contributed by atoms with Gasteiger partial charge in [-0.1, -0.05) is 12.1 Å². The number of hydrogen-bond acceptors (Lipinski definition) is 6. The summed E-state index contributed by atoms with van der Waals surface area (Å²) in [5, 5.41) is 5.85. The predicted octanol–water partition coefficient (Wildman–Crippen LogP) is 2.36. The minimum Gasteiger partial charge on any atom is -0.444 e. The number of nitrogens with one attached hydrogen (secondary N) is 2. The molecule has 1 atom stereocenters. The first-order valence-corrected chi connectivity index (χ1v) is 11.7. The highest BCUT2D eigenvalue weighted by molar-refractivity contribution is 5.91. The lowest BCUT2D eigenvalue weighted by Crippen LogP contribution is -2.47. The molecule has 9 heteroatoms. The van der Waals surface area contributed by atoms with Crippen LogP contribution in [0, 0.1) is 0 Å². The molecule has 2 fully saturated rings. The molecular weight excluding hydrogens is 424 g/mol. The van der Waals surface area contributed by atoms with Crippen molar-refractivity contribution in [3.8, 4) is 0 Å². The number of carbonyl (C=O) groups excluding carboxylic acids is 3. The molecule has 3 amide bonds. The standard InChI is InChI=1S/C24H36N4O5/c1-24(2,3)33-23(31)28-10-5-8-20(28)22(30)25-17-18-6-4-7-19(16-18)26-21(29)9-11-27-12-14-32-15-13-27/h4,6-7,16,20H,5,8-15,17H2,1-3H3,(H,25,30)(H,26,29). The Morgan fingerprint density at radius 1 is 1.15 bits per heavy atom. The van der Waals surface area contributed by atoms with E-state index in [9.17, 15) is 14.4 Å². The van der Waals surface area contributed by atoms with Crippen LogP contribution in [0.4, 0.5) is 10.5 Å². The molecule has 182 valence electrons. The van der Waals surface area contributed by atoms with Gasteiger partial charge in [0, 0.05) is 44.8 Å². The fourth-order valence-corrected chi connectivity index (χ4v) is 3.95. The molecule has 1 unspecified atom stereocenters. The van der Waals surface area contributed by atoms with E-state index in [-0.39, 0.29) is 11.8 Å². The van der Waals surface area contributed by atoms with Crippen molar-refractivity contribution in [2.45, 2.75) is 58.2 Å². The van der Waals surface area contributed by atoms with E-state index in [0.29, 0.717) is 51.4 Å². The summed E-state index contributed by atoms with van der Waals surface area (Å²) >= 11 is 0. The van der Waals surface area contributed by atoms with Crippen molar-refractivity contribution < 1.29 is 23.9 Å². The normalized spacial score (nSPS) is 19.2. The predicted molar refractivity (Wildman–Crippen MR) is 125 cm³/mol. The van der Waals surface area contributed by atoms with E-state index in [0.717, 1.165) is 25.1 Å². The van der Waals surface area contributed by atoms with Crippen molar-refractivity contribution >= 4 is 23.6 Å². The molecule has 1 aromatic rings. The fraction of sp³-hybridized carbons (Fsp3) is 0.625. The molecule has 3 rings (SSSR count). The second-order valence-corrected chi connectivity index (χ2v) is 9.50. The zero-order valence-corrected chi connectivity index (χ0v) is 19.9. The van der Waals surface area contributed by atoms with E-state index in [4.69, 9.17) is 9.47 Å². The highest BCUT2D eigenvalue weighted by Gasteiger charge is 2.36. The smallest absolute Gasteiger partial charge is 0.410 e. The zero-order valence-electron chi connectivity index (χ0n) is 19.9. The minimum atomic E-state index is -0.603. The molecule has 0 aliphatic carbocycles.